The fraction of sp³-hybridized carbons (Fsp3) is 0.500. The van der Waals surface area contributed by atoms with Gasteiger partial charge in [0.05, 0.1) is 24.2 Å². The number of sulfonamides is 1. The summed E-state index contributed by atoms with van der Waals surface area (Å²) in [6.45, 7) is 2.54. The van der Waals surface area contributed by atoms with Crippen molar-refractivity contribution in [3.05, 3.63) is 24.3 Å². The lowest BCUT2D eigenvalue weighted by molar-refractivity contribution is 0.0963. The Hall–Kier alpha value is -1.15. The van der Waals surface area contributed by atoms with E-state index in [2.05, 4.69) is 9.62 Å². The summed E-state index contributed by atoms with van der Waals surface area (Å²) >= 11 is 0. The molecule has 3 N–H and O–H groups in total. The molecule has 7 heteroatoms. The van der Waals surface area contributed by atoms with E-state index in [1.54, 1.807) is 24.3 Å². The molecule has 1 aliphatic heterocycles. The molecule has 1 unspecified atom stereocenters. The lowest BCUT2D eigenvalue weighted by atomic mass is 10.2. The van der Waals surface area contributed by atoms with Crippen LogP contribution in [0.5, 0.6) is 0 Å². The van der Waals surface area contributed by atoms with Gasteiger partial charge in [-0.25, -0.2) is 13.1 Å². The summed E-state index contributed by atoms with van der Waals surface area (Å²) in [5.41, 5.74) is 6.69. The molecule has 1 atom stereocenters. The Morgan fingerprint density at radius 1 is 1.42 bits per heavy atom. The highest BCUT2D eigenvalue weighted by molar-refractivity contribution is 7.89. The molecule has 1 heterocycles. The van der Waals surface area contributed by atoms with Crippen LogP contribution >= 0.6 is 0 Å². The fourth-order valence-electron chi connectivity index (χ4n) is 2.12. The molecule has 0 bridgehead atoms. The second-order valence-corrected chi connectivity index (χ2v) is 6.25. The highest BCUT2D eigenvalue weighted by Gasteiger charge is 2.22. The maximum atomic E-state index is 11.6. The highest BCUT2D eigenvalue weighted by atomic mass is 32.2. The van der Waals surface area contributed by atoms with Crippen molar-refractivity contribution in [2.24, 2.45) is 5.73 Å². The molecule has 0 aliphatic carbocycles. The largest absolute Gasteiger partial charge is 0.377 e. The van der Waals surface area contributed by atoms with Crippen LogP contribution in [-0.4, -0.2) is 47.8 Å². The Morgan fingerprint density at radius 2 is 2.11 bits per heavy atom. The molecule has 1 aromatic rings. The number of nitrogens with one attached hydrogen (secondary N) is 1. The van der Waals surface area contributed by atoms with E-state index in [4.69, 9.17) is 10.5 Å². The van der Waals surface area contributed by atoms with Crippen molar-refractivity contribution in [3.63, 3.8) is 0 Å². The molecule has 0 aromatic heterocycles. The van der Waals surface area contributed by atoms with E-state index < -0.39 is 10.0 Å². The van der Waals surface area contributed by atoms with E-state index in [-0.39, 0.29) is 10.9 Å². The van der Waals surface area contributed by atoms with Crippen LogP contribution in [0.2, 0.25) is 0 Å². The van der Waals surface area contributed by atoms with Crippen molar-refractivity contribution in [2.45, 2.75) is 10.9 Å². The van der Waals surface area contributed by atoms with Gasteiger partial charge in [-0.2, -0.15) is 0 Å². The quantitative estimate of drug-likeness (QED) is 0.797. The molecular formula is C12H19N3O3S. The van der Waals surface area contributed by atoms with Crippen LogP contribution in [0.3, 0.4) is 0 Å². The zero-order chi connectivity index (χ0) is 13.9. The van der Waals surface area contributed by atoms with Gasteiger partial charge >= 0.3 is 0 Å². The average molecular weight is 285 g/mol. The van der Waals surface area contributed by atoms with Gasteiger partial charge < -0.3 is 15.4 Å². The maximum Gasteiger partial charge on any atom is 0.240 e. The minimum atomic E-state index is -3.38. The van der Waals surface area contributed by atoms with Crippen LogP contribution in [0.25, 0.3) is 0 Å². The topological polar surface area (TPSA) is 84.7 Å². The Labute approximate surface area is 113 Å². The second-order valence-electron chi connectivity index (χ2n) is 4.36. The van der Waals surface area contributed by atoms with Gasteiger partial charge in [0.1, 0.15) is 0 Å². The number of morpholine rings is 1. The molecular weight excluding hydrogens is 266 g/mol. The SMILES string of the molecule is CNS(=O)(=O)c1ccc(N2CCOCC2CN)cc1. The van der Waals surface area contributed by atoms with Crippen molar-refractivity contribution < 1.29 is 13.2 Å². The lowest BCUT2D eigenvalue weighted by Crippen LogP contribution is -2.49. The van der Waals surface area contributed by atoms with Crippen LogP contribution < -0.4 is 15.4 Å². The number of benzene rings is 1. The van der Waals surface area contributed by atoms with E-state index in [0.29, 0.717) is 19.8 Å². The Bertz CT molecular complexity index is 516. The fourth-order valence-corrected chi connectivity index (χ4v) is 2.85. The van der Waals surface area contributed by atoms with Crippen molar-refractivity contribution >= 4 is 15.7 Å². The summed E-state index contributed by atoms with van der Waals surface area (Å²) in [5, 5.41) is 0. The smallest absolute Gasteiger partial charge is 0.240 e. The van der Waals surface area contributed by atoms with Crippen LogP contribution in [0.15, 0.2) is 29.2 Å². The molecule has 0 radical (unpaired) electrons. The van der Waals surface area contributed by atoms with Crippen LogP contribution in [-0.2, 0) is 14.8 Å². The van der Waals surface area contributed by atoms with Crippen LogP contribution in [0.4, 0.5) is 5.69 Å². The first-order valence-corrected chi connectivity index (χ1v) is 7.65. The molecule has 1 aromatic carbocycles. The number of anilines is 1. The van der Waals surface area contributed by atoms with Crippen molar-refractivity contribution in [1.82, 2.24) is 4.72 Å². The number of rotatable bonds is 4. The lowest BCUT2D eigenvalue weighted by Gasteiger charge is -2.36. The number of nitrogens with zero attached hydrogens (tertiary/aromatic N) is 1. The van der Waals surface area contributed by atoms with E-state index in [1.807, 2.05) is 0 Å². The minimum Gasteiger partial charge on any atom is -0.377 e. The van der Waals surface area contributed by atoms with Gasteiger partial charge in [-0.05, 0) is 31.3 Å². The second kappa shape index (κ2) is 5.87. The summed E-state index contributed by atoms with van der Waals surface area (Å²) in [4.78, 5) is 2.41. The van der Waals surface area contributed by atoms with Crippen LogP contribution in [0, 0.1) is 0 Å². The molecule has 1 fully saturated rings. The van der Waals surface area contributed by atoms with E-state index in [9.17, 15) is 8.42 Å². The van der Waals surface area contributed by atoms with Gasteiger partial charge in [0.25, 0.3) is 0 Å². The van der Waals surface area contributed by atoms with Gasteiger partial charge in [0.2, 0.25) is 10.0 Å². The van der Waals surface area contributed by atoms with Crippen molar-refractivity contribution in [2.75, 3.05) is 38.3 Å². The molecule has 2 rings (SSSR count). The Kier molecular flexibility index (Phi) is 4.41. The predicted octanol–water partition coefficient (Wildman–Crippen LogP) is -0.241. The molecule has 0 amide bonds. The zero-order valence-corrected chi connectivity index (χ0v) is 11.7. The van der Waals surface area contributed by atoms with Gasteiger partial charge in [-0.3, -0.25) is 0 Å². The summed E-state index contributed by atoms with van der Waals surface area (Å²) in [7, 11) is -1.98. The molecule has 19 heavy (non-hydrogen) atoms. The third-order valence-electron chi connectivity index (χ3n) is 3.25. The van der Waals surface area contributed by atoms with Gasteiger partial charge in [-0.15, -0.1) is 0 Å². The monoisotopic (exact) mass is 285 g/mol. The number of ether oxygens (including phenoxy) is 1. The van der Waals surface area contributed by atoms with E-state index >= 15 is 0 Å². The predicted molar refractivity (Wildman–Crippen MR) is 73.7 cm³/mol. The van der Waals surface area contributed by atoms with Crippen molar-refractivity contribution in [1.29, 1.82) is 0 Å². The number of nitrogens with two attached hydrogens (primary N) is 1. The first-order valence-electron chi connectivity index (χ1n) is 6.16. The zero-order valence-electron chi connectivity index (χ0n) is 10.9. The molecule has 6 nitrogen and oxygen atoms in total. The van der Waals surface area contributed by atoms with Crippen LogP contribution in [0.1, 0.15) is 0 Å². The third-order valence-corrected chi connectivity index (χ3v) is 4.68. The minimum absolute atomic E-state index is 0.139. The number of hydrogen-bond donors (Lipinski definition) is 2. The first kappa shape index (κ1) is 14.3. The highest BCUT2D eigenvalue weighted by Crippen LogP contribution is 2.21. The normalized spacial score (nSPS) is 20.5. The Morgan fingerprint density at radius 3 is 2.68 bits per heavy atom. The van der Waals surface area contributed by atoms with E-state index in [0.717, 1.165) is 12.2 Å². The van der Waals surface area contributed by atoms with Crippen molar-refractivity contribution in [3.8, 4) is 0 Å². The standard InChI is InChI=1S/C12H19N3O3S/c1-14-19(16,17)12-4-2-10(3-5-12)15-6-7-18-9-11(15)8-13/h2-5,11,14H,6-9,13H2,1H3. The average Bonchev–Trinajstić information content (AvgIpc) is 2.47. The maximum absolute atomic E-state index is 11.6. The summed E-state index contributed by atoms with van der Waals surface area (Å²) in [6, 6.07) is 6.95. The summed E-state index contributed by atoms with van der Waals surface area (Å²) in [5.74, 6) is 0. The van der Waals surface area contributed by atoms with Gasteiger partial charge in [0.15, 0.2) is 0 Å². The molecule has 106 valence electrons. The molecule has 0 saturated carbocycles. The Balaban J connectivity index is 2.22. The molecule has 0 spiro atoms. The van der Waals surface area contributed by atoms with E-state index in [1.165, 1.54) is 7.05 Å². The summed E-state index contributed by atoms with van der Waals surface area (Å²) < 4.78 is 31.0. The van der Waals surface area contributed by atoms with Gasteiger partial charge in [-0.1, -0.05) is 0 Å². The molecule has 1 aliphatic rings. The first-order chi connectivity index (χ1) is 9.08. The van der Waals surface area contributed by atoms with Gasteiger partial charge in [0, 0.05) is 18.8 Å². The number of hydrogen-bond acceptors (Lipinski definition) is 5. The third kappa shape index (κ3) is 3.06. The molecule has 1 saturated heterocycles. The summed E-state index contributed by atoms with van der Waals surface area (Å²) in [6.07, 6.45) is 0.